The molecule has 0 aromatic heterocycles. The van der Waals surface area contributed by atoms with Crippen molar-refractivity contribution in [1.82, 2.24) is 5.06 Å². The third-order valence-corrected chi connectivity index (χ3v) is 3.87. The Labute approximate surface area is 125 Å². The Balaban J connectivity index is 4.86. The fourth-order valence-corrected chi connectivity index (χ4v) is 3.06. The van der Waals surface area contributed by atoms with Crippen LogP contribution in [0.2, 0.25) is 0 Å². The largest absolute Gasteiger partial charge is 0.354 e. The SMILES string of the molecule is CC(=O)ON(C/C=C/P(=O)(OC(C)C)OC(C)C)C(C)=O. The Morgan fingerprint density at radius 1 is 1.10 bits per heavy atom. The van der Waals surface area contributed by atoms with Gasteiger partial charge in [-0.1, -0.05) is 6.08 Å². The topological polar surface area (TPSA) is 82.1 Å². The first kappa shape index (κ1) is 19.8. The summed E-state index contributed by atoms with van der Waals surface area (Å²) in [5.41, 5.74) is 0. The number of hydroxylamine groups is 2. The van der Waals surface area contributed by atoms with Crippen LogP contribution in [0.5, 0.6) is 0 Å². The van der Waals surface area contributed by atoms with Crippen LogP contribution in [0.1, 0.15) is 41.5 Å². The molecule has 0 aromatic rings. The van der Waals surface area contributed by atoms with Crippen molar-refractivity contribution in [3.05, 3.63) is 11.9 Å². The molecule has 0 radical (unpaired) electrons. The molecule has 0 aliphatic rings. The van der Waals surface area contributed by atoms with E-state index in [1.165, 1.54) is 25.7 Å². The highest BCUT2D eigenvalue weighted by atomic mass is 31.2. The second-order valence-electron chi connectivity index (χ2n) is 4.90. The standard InChI is InChI=1S/C13H24NO6P/c1-10(2)19-21(17,20-11(3)4)9-7-8-14(12(5)15)18-13(6)16/h7,9-11H,8H2,1-6H3/b9-7+. The van der Waals surface area contributed by atoms with Crippen LogP contribution in [0.25, 0.3) is 0 Å². The molecule has 7 nitrogen and oxygen atoms in total. The van der Waals surface area contributed by atoms with E-state index in [4.69, 9.17) is 13.9 Å². The Morgan fingerprint density at radius 2 is 1.57 bits per heavy atom. The normalized spacial score (nSPS) is 12.2. The summed E-state index contributed by atoms with van der Waals surface area (Å²) >= 11 is 0. The zero-order chi connectivity index (χ0) is 16.6. The first-order valence-corrected chi connectivity index (χ1v) is 8.27. The zero-order valence-electron chi connectivity index (χ0n) is 13.4. The van der Waals surface area contributed by atoms with Gasteiger partial charge in [0.1, 0.15) is 0 Å². The molecule has 0 N–H and O–H groups in total. The molecule has 0 aromatic carbocycles. The molecule has 1 amide bonds. The zero-order valence-corrected chi connectivity index (χ0v) is 14.3. The number of rotatable bonds is 7. The lowest BCUT2D eigenvalue weighted by atomic mass is 10.5. The molecule has 122 valence electrons. The Hall–Kier alpha value is -1.17. The molecular formula is C13H24NO6P. The maximum atomic E-state index is 12.5. The maximum Gasteiger partial charge on any atom is 0.354 e. The molecule has 0 aliphatic carbocycles. The molecule has 0 atom stereocenters. The lowest BCUT2D eigenvalue weighted by Crippen LogP contribution is -2.31. The molecule has 0 heterocycles. The number of carbonyl (C=O) groups excluding carboxylic acids is 2. The molecule has 0 spiro atoms. The fraction of sp³-hybridized carbons (Fsp3) is 0.692. The van der Waals surface area contributed by atoms with Crippen LogP contribution >= 0.6 is 7.60 Å². The van der Waals surface area contributed by atoms with Gasteiger partial charge in [0.15, 0.2) is 0 Å². The van der Waals surface area contributed by atoms with Crippen LogP contribution in [-0.2, 0) is 28.0 Å². The summed E-state index contributed by atoms with van der Waals surface area (Å²) in [5.74, 6) is 0.213. The van der Waals surface area contributed by atoms with Gasteiger partial charge in [-0.2, -0.15) is 5.06 Å². The number of carbonyl (C=O) groups is 2. The first-order chi connectivity index (χ1) is 9.55. The van der Waals surface area contributed by atoms with E-state index in [1.54, 1.807) is 27.7 Å². The Bertz CT molecular complexity index is 418. The van der Waals surface area contributed by atoms with E-state index in [0.29, 0.717) is 0 Å². The average molecular weight is 321 g/mol. The predicted octanol–water partition coefficient (Wildman–Crippen LogP) is 2.87. The molecule has 0 bridgehead atoms. The summed E-state index contributed by atoms with van der Waals surface area (Å²) in [5, 5.41) is 0.855. The number of amides is 1. The van der Waals surface area contributed by atoms with Gasteiger partial charge in [0, 0.05) is 19.7 Å². The summed E-state index contributed by atoms with van der Waals surface area (Å²) < 4.78 is 23.1. The number of hydrogen-bond acceptors (Lipinski definition) is 6. The van der Waals surface area contributed by atoms with Gasteiger partial charge in [-0.25, -0.2) is 0 Å². The summed E-state index contributed by atoms with van der Waals surface area (Å²) in [4.78, 5) is 26.9. The van der Waals surface area contributed by atoms with Gasteiger partial charge in [0.2, 0.25) is 0 Å². The minimum absolute atomic E-state index is 0.0399. The third kappa shape index (κ3) is 9.39. The second kappa shape index (κ2) is 8.97. The summed E-state index contributed by atoms with van der Waals surface area (Å²) in [6.07, 6.45) is 0.851. The molecule has 0 rings (SSSR count). The summed E-state index contributed by atoms with van der Waals surface area (Å²) in [6.45, 7) is 9.37. The average Bonchev–Trinajstić information content (AvgIpc) is 2.24. The minimum atomic E-state index is -3.41. The van der Waals surface area contributed by atoms with E-state index in [2.05, 4.69) is 0 Å². The van der Waals surface area contributed by atoms with Gasteiger partial charge in [-0.15, -0.1) is 0 Å². The predicted molar refractivity (Wildman–Crippen MR) is 78.3 cm³/mol. The quantitative estimate of drug-likeness (QED) is 0.530. The number of nitrogens with zero attached hydrogens (tertiary/aromatic N) is 1. The van der Waals surface area contributed by atoms with E-state index < -0.39 is 19.5 Å². The lowest BCUT2D eigenvalue weighted by molar-refractivity contribution is -0.192. The third-order valence-electron chi connectivity index (χ3n) is 1.86. The highest BCUT2D eigenvalue weighted by Crippen LogP contribution is 2.51. The number of hydrogen-bond donors (Lipinski definition) is 0. The first-order valence-electron chi connectivity index (χ1n) is 6.66. The molecule has 0 unspecified atom stereocenters. The van der Waals surface area contributed by atoms with E-state index in [-0.39, 0.29) is 18.8 Å². The van der Waals surface area contributed by atoms with Crippen LogP contribution in [0.3, 0.4) is 0 Å². The van der Waals surface area contributed by atoms with E-state index >= 15 is 0 Å². The maximum absolute atomic E-state index is 12.5. The van der Waals surface area contributed by atoms with Crippen molar-refractivity contribution >= 4 is 19.5 Å². The van der Waals surface area contributed by atoms with Crippen molar-refractivity contribution < 1.29 is 28.0 Å². The van der Waals surface area contributed by atoms with Crippen molar-refractivity contribution in [2.24, 2.45) is 0 Å². The van der Waals surface area contributed by atoms with E-state index in [0.717, 1.165) is 5.06 Å². The molecule has 21 heavy (non-hydrogen) atoms. The smallest absolute Gasteiger partial charge is 0.338 e. The van der Waals surface area contributed by atoms with Crippen molar-refractivity contribution in [2.75, 3.05) is 6.54 Å². The van der Waals surface area contributed by atoms with Gasteiger partial charge >= 0.3 is 13.6 Å². The van der Waals surface area contributed by atoms with Crippen molar-refractivity contribution in [3.63, 3.8) is 0 Å². The highest BCUT2D eigenvalue weighted by molar-refractivity contribution is 7.57. The van der Waals surface area contributed by atoms with Crippen LogP contribution in [0.4, 0.5) is 0 Å². The summed E-state index contributed by atoms with van der Waals surface area (Å²) in [6, 6.07) is 0. The monoisotopic (exact) mass is 321 g/mol. The Kier molecular flexibility index (Phi) is 8.47. The Morgan fingerprint density at radius 3 is 1.90 bits per heavy atom. The van der Waals surface area contributed by atoms with Gasteiger partial charge in [-0.05, 0) is 27.7 Å². The van der Waals surface area contributed by atoms with Crippen LogP contribution in [0.15, 0.2) is 11.9 Å². The van der Waals surface area contributed by atoms with Crippen molar-refractivity contribution in [1.29, 1.82) is 0 Å². The van der Waals surface area contributed by atoms with Gasteiger partial charge in [-0.3, -0.25) is 14.2 Å². The molecule has 0 saturated carbocycles. The van der Waals surface area contributed by atoms with Gasteiger partial charge in [0.05, 0.1) is 18.8 Å². The van der Waals surface area contributed by atoms with E-state index in [1.807, 2.05) is 0 Å². The molecule has 0 saturated heterocycles. The van der Waals surface area contributed by atoms with Crippen LogP contribution in [-0.4, -0.2) is 35.7 Å². The van der Waals surface area contributed by atoms with Crippen LogP contribution in [0, 0.1) is 0 Å². The summed E-state index contributed by atoms with van der Waals surface area (Å²) in [7, 11) is -3.41. The van der Waals surface area contributed by atoms with Crippen LogP contribution < -0.4 is 0 Å². The van der Waals surface area contributed by atoms with Gasteiger partial charge in [0.25, 0.3) is 5.91 Å². The minimum Gasteiger partial charge on any atom is -0.338 e. The lowest BCUT2D eigenvalue weighted by Gasteiger charge is -2.20. The van der Waals surface area contributed by atoms with E-state index in [9.17, 15) is 14.2 Å². The molecule has 8 heteroatoms. The van der Waals surface area contributed by atoms with Crippen molar-refractivity contribution in [3.8, 4) is 0 Å². The molecule has 0 aliphatic heterocycles. The van der Waals surface area contributed by atoms with Gasteiger partial charge < -0.3 is 13.9 Å². The highest BCUT2D eigenvalue weighted by Gasteiger charge is 2.24. The van der Waals surface area contributed by atoms with Crippen molar-refractivity contribution in [2.45, 2.75) is 53.8 Å². The second-order valence-corrected chi connectivity index (χ2v) is 6.70. The molecular weight excluding hydrogens is 297 g/mol. The molecule has 0 fully saturated rings. The fourth-order valence-electron chi connectivity index (χ4n) is 1.34.